The second-order valence-electron chi connectivity index (χ2n) is 5.61. The van der Waals surface area contributed by atoms with Crippen molar-refractivity contribution in [2.45, 2.75) is 11.7 Å². The molecule has 3 aromatic rings. The van der Waals surface area contributed by atoms with Crippen molar-refractivity contribution in [3.8, 4) is 5.75 Å². The van der Waals surface area contributed by atoms with E-state index in [-0.39, 0.29) is 11.7 Å². The van der Waals surface area contributed by atoms with Crippen LogP contribution >= 0.6 is 11.8 Å². The third-order valence-corrected chi connectivity index (χ3v) is 4.76. The Hall–Kier alpha value is -2.74. The van der Waals surface area contributed by atoms with Gasteiger partial charge >= 0.3 is 0 Å². The molecule has 0 aliphatic carbocycles. The zero-order valence-corrected chi connectivity index (χ0v) is 14.9. The molecule has 0 aliphatic rings. The van der Waals surface area contributed by atoms with Crippen molar-refractivity contribution in [1.82, 2.24) is 19.8 Å². The minimum Gasteiger partial charge on any atom is -0.497 e. The molecule has 0 fully saturated rings. The molecule has 0 atom stereocenters. The number of nitrogens with two attached hydrogens (primary N) is 1. The van der Waals surface area contributed by atoms with Crippen molar-refractivity contribution in [3.63, 3.8) is 0 Å². The largest absolute Gasteiger partial charge is 0.497 e. The van der Waals surface area contributed by atoms with Crippen LogP contribution in [0.25, 0.3) is 10.8 Å². The first-order valence-corrected chi connectivity index (χ1v) is 8.64. The quantitative estimate of drug-likeness (QED) is 0.536. The van der Waals surface area contributed by atoms with Gasteiger partial charge < -0.3 is 15.5 Å². The summed E-state index contributed by atoms with van der Waals surface area (Å²) in [6, 6.07) is 12.1. The van der Waals surface area contributed by atoms with Gasteiger partial charge in [-0.25, -0.2) is 4.68 Å². The summed E-state index contributed by atoms with van der Waals surface area (Å²) in [5.41, 5.74) is 1.07. The molecule has 2 N–H and O–H groups in total. The molecule has 3 rings (SSSR count). The number of nitrogens with zero attached hydrogens (tertiary/aromatic N) is 4. The Morgan fingerprint density at radius 3 is 2.76 bits per heavy atom. The first-order chi connectivity index (χ1) is 12.1. The van der Waals surface area contributed by atoms with Gasteiger partial charge in [-0.05, 0) is 34.5 Å². The SMILES string of the molecule is COc1ccc2cc(CN(C)C(=O)CSc3nncn3N)ccc2c1. The second kappa shape index (κ2) is 7.43. The highest BCUT2D eigenvalue weighted by atomic mass is 32.2. The number of hydrogen-bond donors (Lipinski definition) is 1. The zero-order valence-electron chi connectivity index (χ0n) is 14.0. The third-order valence-electron chi connectivity index (χ3n) is 3.82. The monoisotopic (exact) mass is 357 g/mol. The van der Waals surface area contributed by atoms with Crippen LogP contribution in [0.15, 0.2) is 47.9 Å². The lowest BCUT2D eigenvalue weighted by atomic mass is 10.1. The van der Waals surface area contributed by atoms with Crippen molar-refractivity contribution in [3.05, 3.63) is 48.3 Å². The molecule has 0 saturated heterocycles. The van der Waals surface area contributed by atoms with E-state index in [1.165, 1.54) is 22.8 Å². The van der Waals surface area contributed by atoms with Gasteiger partial charge in [0.2, 0.25) is 11.1 Å². The predicted molar refractivity (Wildman–Crippen MR) is 97.9 cm³/mol. The van der Waals surface area contributed by atoms with Crippen LogP contribution in [-0.2, 0) is 11.3 Å². The Labute approximate surface area is 149 Å². The van der Waals surface area contributed by atoms with Crippen molar-refractivity contribution >= 4 is 28.4 Å². The normalized spacial score (nSPS) is 10.8. The van der Waals surface area contributed by atoms with Gasteiger partial charge in [0, 0.05) is 13.6 Å². The van der Waals surface area contributed by atoms with Gasteiger partial charge in [0.25, 0.3) is 0 Å². The standard InChI is InChI=1S/C17H19N5O2S/c1-21(16(23)10-25-17-20-19-11-22(17)18)9-12-3-4-14-8-15(24-2)6-5-13(14)7-12/h3-8,11H,9-10,18H2,1-2H3. The summed E-state index contributed by atoms with van der Waals surface area (Å²) in [4.78, 5) is 14.0. The molecule has 1 heterocycles. The Balaban J connectivity index is 1.63. The number of nitrogen functional groups attached to an aromatic ring is 1. The maximum atomic E-state index is 12.3. The highest BCUT2D eigenvalue weighted by Crippen LogP contribution is 2.22. The minimum absolute atomic E-state index is 0.00262. The fourth-order valence-electron chi connectivity index (χ4n) is 2.43. The molecular weight excluding hydrogens is 338 g/mol. The number of carbonyl (C=O) groups is 1. The molecule has 0 unspecified atom stereocenters. The Morgan fingerprint density at radius 1 is 1.28 bits per heavy atom. The van der Waals surface area contributed by atoms with E-state index in [9.17, 15) is 4.79 Å². The molecule has 0 bridgehead atoms. The highest BCUT2D eigenvalue weighted by molar-refractivity contribution is 7.99. The lowest BCUT2D eigenvalue weighted by Gasteiger charge is -2.17. The van der Waals surface area contributed by atoms with Gasteiger partial charge in [0.05, 0.1) is 12.9 Å². The van der Waals surface area contributed by atoms with Gasteiger partial charge in [-0.3, -0.25) is 4.79 Å². The smallest absolute Gasteiger partial charge is 0.233 e. The van der Waals surface area contributed by atoms with E-state index in [1.54, 1.807) is 19.1 Å². The Bertz CT molecular complexity index is 896. The molecule has 130 valence electrons. The number of amides is 1. The maximum absolute atomic E-state index is 12.3. The number of benzene rings is 2. The molecular formula is C17H19N5O2S. The minimum atomic E-state index is 0.00262. The van der Waals surface area contributed by atoms with Gasteiger partial charge in [0.15, 0.2) is 0 Å². The molecule has 1 amide bonds. The molecule has 25 heavy (non-hydrogen) atoms. The average molecular weight is 357 g/mol. The van der Waals surface area contributed by atoms with Gasteiger partial charge in [-0.1, -0.05) is 30.0 Å². The van der Waals surface area contributed by atoms with Crippen LogP contribution in [0, 0.1) is 0 Å². The van der Waals surface area contributed by atoms with E-state index >= 15 is 0 Å². The van der Waals surface area contributed by atoms with Gasteiger partial charge in [-0.2, -0.15) is 0 Å². The van der Waals surface area contributed by atoms with Gasteiger partial charge in [0.1, 0.15) is 12.1 Å². The van der Waals surface area contributed by atoms with Crippen molar-refractivity contribution in [1.29, 1.82) is 0 Å². The van der Waals surface area contributed by atoms with E-state index in [0.717, 1.165) is 22.1 Å². The summed E-state index contributed by atoms with van der Waals surface area (Å²) in [6.07, 6.45) is 1.40. The number of thioether (sulfide) groups is 1. The van der Waals surface area contributed by atoms with Crippen LogP contribution in [0.1, 0.15) is 5.56 Å². The number of rotatable bonds is 6. The van der Waals surface area contributed by atoms with Crippen LogP contribution in [0.5, 0.6) is 5.75 Å². The van der Waals surface area contributed by atoms with Crippen LogP contribution in [0.3, 0.4) is 0 Å². The summed E-state index contributed by atoms with van der Waals surface area (Å²) in [6.45, 7) is 0.538. The number of carbonyl (C=O) groups excluding carboxylic acids is 1. The fraction of sp³-hybridized carbons (Fsp3) is 0.235. The first-order valence-electron chi connectivity index (χ1n) is 7.65. The number of ether oxygens (including phenoxy) is 1. The molecule has 0 spiro atoms. The number of aromatic nitrogens is 3. The molecule has 7 nitrogen and oxygen atoms in total. The van der Waals surface area contributed by atoms with Crippen molar-refractivity contribution in [2.24, 2.45) is 0 Å². The molecule has 1 aromatic heterocycles. The van der Waals surface area contributed by atoms with E-state index < -0.39 is 0 Å². The molecule has 8 heteroatoms. The Morgan fingerprint density at radius 2 is 2.04 bits per heavy atom. The number of hydrogen-bond acceptors (Lipinski definition) is 6. The van der Waals surface area contributed by atoms with E-state index in [0.29, 0.717) is 11.7 Å². The summed E-state index contributed by atoms with van der Waals surface area (Å²) < 4.78 is 6.54. The topological polar surface area (TPSA) is 86.3 Å². The molecule has 2 aromatic carbocycles. The van der Waals surface area contributed by atoms with Crippen LogP contribution in [0.4, 0.5) is 0 Å². The first kappa shape index (κ1) is 17.1. The summed E-state index contributed by atoms with van der Waals surface area (Å²) in [5.74, 6) is 6.73. The second-order valence-corrected chi connectivity index (χ2v) is 6.55. The molecule has 0 radical (unpaired) electrons. The third kappa shape index (κ3) is 4.03. The van der Waals surface area contributed by atoms with Crippen LogP contribution < -0.4 is 10.6 Å². The molecule has 0 saturated carbocycles. The van der Waals surface area contributed by atoms with Crippen LogP contribution in [-0.4, -0.2) is 45.6 Å². The summed E-state index contributed by atoms with van der Waals surface area (Å²) >= 11 is 1.27. The lowest BCUT2D eigenvalue weighted by Crippen LogP contribution is -2.28. The lowest BCUT2D eigenvalue weighted by molar-refractivity contribution is -0.127. The number of fused-ring (bicyclic) bond motifs is 1. The van der Waals surface area contributed by atoms with E-state index in [4.69, 9.17) is 10.6 Å². The summed E-state index contributed by atoms with van der Waals surface area (Å²) in [5, 5.41) is 10.3. The van der Waals surface area contributed by atoms with Crippen molar-refractivity contribution in [2.75, 3.05) is 25.8 Å². The fourth-order valence-corrected chi connectivity index (χ4v) is 3.21. The maximum Gasteiger partial charge on any atom is 0.233 e. The van der Waals surface area contributed by atoms with E-state index in [2.05, 4.69) is 16.3 Å². The van der Waals surface area contributed by atoms with Gasteiger partial charge in [-0.15, -0.1) is 10.2 Å². The highest BCUT2D eigenvalue weighted by Gasteiger charge is 2.12. The average Bonchev–Trinajstić information content (AvgIpc) is 3.04. The number of methoxy groups -OCH3 is 1. The molecule has 0 aliphatic heterocycles. The van der Waals surface area contributed by atoms with Crippen LogP contribution in [0.2, 0.25) is 0 Å². The Kier molecular flexibility index (Phi) is 5.08. The predicted octanol–water partition coefficient (Wildman–Crippen LogP) is 1.90. The van der Waals surface area contributed by atoms with E-state index in [1.807, 2.05) is 30.3 Å². The zero-order chi connectivity index (χ0) is 17.8. The van der Waals surface area contributed by atoms with Crippen molar-refractivity contribution < 1.29 is 9.53 Å². The summed E-state index contributed by atoms with van der Waals surface area (Å²) in [7, 11) is 3.44.